The van der Waals surface area contributed by atoms with Crippen molar-refractivity contribution >= 4 is 22.4 Å². The van der Waals surface area contributed by atoms with Crippen LogP contribution in [0.2, 0.25) is 0 Å². The number of carbonyl (C=O) groups is 1. The zero-order valence-corrected chi connectivity index (χ0v) is 14.2. The van der Waals surface area contributed by atoms with Crippen LogP contribution in [0, 0.1) is 0 Å². The number of amides is 1. The molecule has 0 aliphatic rings. The van der Waals surface area contributed by atoms with E-state index >= 15 is 0 Å². The Hall–Kier alpha value is -2.15. The molecule has 2 rings (SSSR count). The van der Waals surface area contributed by atoms with Crippen molar-refractivity contribution in [3.8, 4) is 5.75 Å². The molecule has 23 heavy (non-hydrogen) atoms. The van der Waals surface area contributed by atoms with Crippen LogP contribution in [-0.4, -0.2) is 29.3 Å². The molecule has 1 aromatic carbocycles. The van der Waals surface area contributed by atoms with Crippen LogP contribution in [0.5, 0.6) is 5.75 Å². The summed E-state index contributed by atoms with van der Waals surface area (Å²) in [6.07, 6.45) is 1.64. The molecule has 1 heterocycles. The zero-order chi connectivity index (χ0) is 16.7. The van der Waals surface area contributed by atoms with E-state index in [1.165, 1.54) is 11.3 Å². The Morgan fingerprint density at radius 2 is 2.17 bits per heavy atom. The summed E-state index contributed by atoms with van der Waals surface area (Å²) in [5.74, 6) is 1.02. The first-order chi connectivity index (χ1) is 11.1. The van der Waals surface area contributed by atoms with E-state index in [2.05, 4.69) is 29.4 Å². The Balaban J connectivity index is 1.78. The van der Waals surface area contributed by atoms with Crippen molar-refractivity contribution in [1.82, 2.24) is 15.5 Å². The SMILES string of the molecule is CC[C@H](C)c1ccccc1OCC(=O)NCCc1nnc(N)s1. The summed E-state index contributed by atoms with van der Waals surface area (Å²) in [4.78, 5) is 11.9. The molecule has 3 N–H and O–H groups in total. The molecule has 6 nitrogen and oxygen atoms in total. The molecule has 1 atom stereocenters. The molecule has 1 aromatic heterocycles. The average molecular weight is 334 g/mol. The van der Waals surface area contributed by atoms with Gasteiger partial charge in [0.1, 0.15) is 10.8 Å². The van der Waals surface area contributed by atoms with Crippen LogP contribution in [0.4, 0.5) is 5.13 Å². The van der Waals surface area contributed by atoms with Crippen molar-refractivity contribution in [1.29, 1.82) is 0 Å². The summed E-state index contributed by atoms with van der Waals surface area (Å²) < 4.78 is 5.67. The number of nitrogens with one attached hydrogen (secondary N) is 1. The van der Waals surface area contributed by atoms with Gasteiger partial charge in [-0.15, -0.1) is 10.2 Å². The number of rotatable bonds is 8. The number of aromatic nitrogens is 2. The summed E-state index contributed by atoms with van der Waals surface area (Å²) in [5.41, 5.74) is 6.64. The standard InChI is InChI=1S/C16H22N4O2S/c1-3-11(2)12-6-4-5-7-13(12)22-10-14(21)18-9-8-15-19-20-16(17)23-15/h4-7,11H,3,8-10H2,1-2H3,(H2,17,20)(H,18,21)/t11-/m0/s1. The van der Waals surface area contributed by atoms with E-state index in [1.807, 2.05) is 24.3 Å². The van der Waals surface area contributed by atoms with Crippen molar-refractivity contribution in [2.24, 2.45) is 0 Å². The van der Waals surface area contributed by atoms with Gasteiger partial charge in [-0.25, -0.2) is 0 Å². The minimum Gasteiger partial charge on any atom is -0.483 e. The van der Waals surface area contributed by atoms with Crippen LogP contribution < -0.4 is 15.8 Å². The van der Waals surface area contributed by atoms with Gasteiger partial charge in [0, 0.05) is 13.0 Å². The predicted molar refractivity (Wildman–Crippen MR) is 91.7 cm³/mol. The van der Waals surface area contributed by atoms with E-state index in [-0.39, 0.29) is 12.5 Å². The van der Waals surface area contributed by atoms with Crippen LogP contribution in [0.3, 0.4) is 0 Å². The summed E-state index contributed by atoms with van der Waals surface area (Å²) in [6.45, 7) is 4.78. The highest BCUT2D eigenvalue weighted by atomic mass is 32.1. The minimum atomic E-state index is -0.151. The number of ether oxygens (including phenoxy) is 1. The summed E-state index contributed by atoms with van der Waals surface area (Å²) in [7, 11) is 0. The number of para-hydroxylation sites is 1. The Morgan fingerprint density at radius 1 is 1.39 bits per heavy atom. The molecule has 0 saturated heterocycles. The van der Waals surface area contributed by atoms with E-state index in [4.69, 9.17) is 10.5 Å². The Labute approximate surface area is 140 Å². The third-order valence-corrected chi connectivity index (χ3v) is 4.38. The second-order valence-corrected chi connectivity index (χ2v) is 6.36. The second kappa shape index (κ2) is 8.47. The normalized spacial score (nSPS) is 11.9. The van der Waals surface area contributed by atoms with Crippen LogP contribution in [0.25, 0.3) is 0 Å². The molecule has 0 aliphatic carbocycles. The lowest BCUT2D eigenvalue weighted by atomic mass is 9.98. The smallest absolute Gasteiger partial charge is 0.257 e. The van der Waals surface area contributed by atoms with E-state index in [9.17, 15) is 4.79 Å². The van der Waals surface area contributed by atoms with Crippen LogP contribution in [0.15, 0.2) is 24.3 Å². The maximum Gasteiger partial charge on any atom is 0.257 e. The lowest BCUT2D eigenvalue weighted by molar-refractivity contribution is -0.123. The number of benzene rings is 1. The van der Waals surface area contributed by atoms with Gasteiger partial charge in [-0.3, -0.25) is 4.79 Å². The molecule has 124 valence electrons. The van der Waals surface area contributed by atoms with Gasteiger partial charge in [-0.1, -0.05) is 43.4 Å². The van der Waals surface area contributed by atoms with Gasteiger partial charge in [-0.2, -0.15) is 0 Å². The fourth-order valence-electron chi connectivity index (χ4n) is 2.11. The number of hydrogen-bond acceptors (Lipinski definition) is 6. The van der Waals surface area contributed by atoms with E-state index in [1.54, 1.807) is 0 Å². The molecule has 7 heteroatoms. The van der Waals surface area contributed by atoms with Gasteiger partial charge in [0.25, 0.3) is 5.91 Å². The van der Waals surface area contributed by atoms with Gasteiger partial charge in [0.15, 0.2) is 6.61 Å². The zero-order valence-electron chi connectivity index (χ0n) is 13.4. The maximum atomic E-state index is 11.9. The van der Waals surface area contributed by atoms with E-state index in [0.29, 0.717) is 24.0 Å². The quantitative estimate of drug-likeness (QED) is 0.773. The molecular formula is C16H22N4O2S. The Kier molecular flexibility index (Phi) is 6.34. The van der Waals surface area contributed by atoms with Crippen molar-refractivity contribution < 1.29 is 9.53 Å². The number of hydrogen-bond donors (Lipinski definition) is 2. The maximum absolute atomic E-state index is 11.9. The molecule has 0 fully saturated rings. The van der Waals surface area contributed by atoms with Crippen molar-refractivity contribution in [3.05, 3.63) is 34.8 Å². The van der Waals surface area contributed by atoms with Crippen LogP contribution in [-0.2, 0) is 11.2 Å². The molecule has 2 aromatic rings. The van der Waals surface area contributed by atoms with Crippen LogP contribution >= 0.6 is 11.3 Å². The molecule has 0 radical (unpaired) electrons. The Bertz CT molecular complexity index is 645. The first-order valence-electron chi connectivity index (χ1n) is 7.66. The topological polar surface area (TPSA) is 90.1 Å². The Morgan fingerprint density at radius 3 is 2.87 bits per heavy atom. The highest BCUT2D eigenvalue weighted by molar-refractivity contribution is 7.15. The lowest BCUT2D eigenvalue weighted by Crippen LogP contribution is -2.30. The summed E-state index contributed by atoms with van der Waals surface area (Å²) in [5, 5.41) is 11.7. The lowest BCUT2D eigenvalue weighted by Gasteiger charge is -2.15. The minimum absolute atomic E-state index is 0.00566. The van der Waals surface area contributed by atoms with Gasteiger partial charge < -0.3 is 15.8 Å². The highest BCUT2D eigenvalue weighted by Crippen LogP contribution is 2.28. The first-order valence-corrected chi connectivity index (χ1v) is 8.48. The number of anilines is 1. The molecule has 0 aliphatic heterocycles. The molecular weight excluding hydrogens is 312 g/mol. The van der Waals surface area contributed by atoms with Crippen molar-refractivity contribution in [3.63, 3.8) is 0 Å². The van der Waals surface area contributed by atoms with E-state index < -0.39 is 0 Å². The monoisotopic (exact) mass is 334 g/mol. The third kappa shape index (κ3) is 5.21. The second-order valence-electron chi connectivity index (χ2n) is 5.27. The molecule has 0 bridgehead atoms. The van der Waals surface area contributed by atoms with Gasteiger partial charge in [0.2, 0.25) is 5.13 Å². The van der Waals surface area contributed by atoms with E-state index in [0.717, 1.165) is 22.7 Å². The summed E-state index contributed by atoms with van der Waals surface area (Å²) in [6, 6.07) is 7.85. The molecule has 0 spiro atoms. The molecule has 1 amide bonds. The average Bonchev–Trinajstić information content (AvgIpc) is 2.98. The fraction of sp³-hybridized carbons (Fsp3) is 0.438. The highest BCUT2D eigenvalue weighted by Gasteiger charge is 2.11. The fourth-order valence-corrected chi connectivity index (χ4v) is 2.72. The predicted octanol–water partition coefficient (Wildman–Crippen LogP) is 2.37. The largest absolute Gasteiger partial charge is 0.483 e. The number of carbonyl (C=O) groups excluding carboxylic acids is 1. The number of nitrogens with two attached hydrogens (primary N) is 1. The van der Waals surface area contributed by atoms with Gasteiger partial charge >= 0.3 is 0 Å². The molecule has 0 saturated carbocycles. The summed E-state index contributed by atoms with van der Waals surface area (Å²) >= 11 is 1.33. The van der Waals surface area contributed by atoms with Crippen LogP contribution in [0.1, 0.15) is 36.8 Å². The van der Waals surface area contributed by atoms with Crippen molar-refractivity contribution in [2.45, 2.75) is 32.6 Å². The third-order valence-electron chi connectivity index (χ3n) is 3.56. The van der Waals surface area contributed by atoms with Gasteiger partial charge in [0.05, 0.1) is 0 Å². The first kappa shape index (κ1) is 17.2. The number of nitrogens with zero attached hydrogens (tertiary/aromatic N) is 2. The van der Waals surface area contributed by atoms with Gasteiger partial charge in [-0.05, 0) is 24.0 Å². The van der Waals surface area contributed by atoms with Crippen molar-refractivity contribution in [2.75, 3.05) is 18.9 Å². The number of nitrogen functional groups attached to an aromatic ring is 1. The molecule has 0 unspecified atom stereocenters.